The second-order valence-corrected chi connectivity index (χ2v) is 9.87. The van der Waals surface area contributed by atoms with E-state index in [-0.39, 0.29) is 6.07 Å². The summed E-state index contributed by atoms with van der Waals surface area (Å²) in [6.45, 7) is 4.45. The minimum absolute atomic E-state index is 0.0426. The lowest BCUT2D eigenvalue weighted by Gasteiger charge is -2.32. The highest BCUT2D eigenvalue weighted by atomic mass is 19.4. The molecule has 0 aliphatic heterocycles. The summed E-state index contributed by atoms with van der Waals surface area (Å²) in [5, 5.41) is 0. The van der Waals surface area contributed by atoms with Crippen LogP contribution in [0.15, 0.2) is 59.7 Å². The number of anilines is 1. The van der Waals surface area contributed by atoms with Crippen LogP contribution in [-0.2, 0) is 22.6 Å². The fourth-order valence-corrected chi connectivity index (χ4v) is 4.01. The number of amides is 1. The van der Waals surface area contributed by atoms with Crippen molar-refractivity contribution in [2.24, 2.45) is 4.99 Å². The fraction of sp³-hybridized carbons (Fsp3) is 0.321. The van der Waals surface area contributed by atoms with Crippen LogP contribution in [0.1, 0.15) is 36.1 Å². The molecule has 1 heterocycles. The van der Waals surface area contributed by atoms with Crippen LogP contribution in [0.3, 0.4) is 0 Å². The van der Waals surface area contributed by atoms with Gasteiger partial charge in [0.15, 0.2) is 5.82 Å². The Kier molecular flexibility index (Phi) is 8.14. The Balaban J connectivity index is 2.15. The quantitative estimate of drug-likeness (QED) is 0.184. The zero-order chi connectivity index (χ0) is 29.3. The van der Waals surface area contributed by atoms with Crippen LogP contribution in [0.2, 0.25) is 0 Å². The van der Waals surface area contributed by atoms with E-state index in [0.29, 0.717) is 29.2 Å². The number of carbonyl (C=O) groups is 1. The molecule has 2 aromatic carbocycles. The first-order chi connectivity index (χ1) is 17.9. The second-order valence-electron chi connectivity index (χ2n) is 9.87. The summed E-state index contributed by atoms with van der Waals surface area (Å²) in [6, 6.07) is 10.2. The molecule has 1 amide bonds. The van der Waals surface area contributed by atoms with E-state index in [1.54, 1.807) is 31.4 Å². The topological polar surface area (TPSA) is 48.8 Å². The molecular weight excluding hydrogens is 522 g/mol. The van der Waals surface area contributed by atoms with E-state index < -0.39 is 40.4 Å². The molecule has 11 heteroatoms. The highest BCUT2D eigenvalue weighted by Gasteiger charge is 2.41. The van der Waals surface area contributed by atoms with Crippen molar-refractivity contribution in [3.05, 3.63) is 77.0 Å². The van der Waals surface area contributed by atoms with Crippen molar-refractivity contribution < 1.29 is 31.1 Å². The smallest absolute Gasteiger partial charge is 0.369 e. The van der Waals surface area contributed by atoms with Gasteiger partial charge in [-0.3, -0.25) is 4.79 Å². The largest absolute Gasteiger partial charge is 0.416 e. The van der Waals surface area contributed by atoms with Gasteiger partial charge < -0.3 is 9.80 Å². The normalized spacial score (nSPS) is 12.6. The molecule has 0 saturated heterocycles. The molecule has 3 rings (SSSR count). The van der Waals surface area contributed by atoms with Gasteiger partial charge in [0, 0.05) is 26.7 Å². The van der Waals surface area contributed by atoms with Gasteiger partial charge in [-0.15, -0.1) is 0 Å². The Morgan fingerprint density at radius 1 is 0.846 bits per heavy atom. The van der Waals surface area contributed by atoms with E-state index in [1.165, 1.54) is 32.0 Å². The van der Waals surface area contributed by atoms with Gasteiger partial charge in [0.05, 0.1) is 34.8 Å². The number of hydrogen-bond donors (Lipinski definition) is 0. The molecule has 0 unspecified atom stereocenters. The minimum atomic E-state index is -5.04. The van der Waals surface area contributed by atoms with Crippen LogP contribution in [0.4, 0.5) is 37.8 Å². The molecule has 0 spiro atoms. The number of carbonyl (C=O) groups excluding carboxylic acids is 1. The van der Waals surface area contributed by atoms with E-state index >= 15 is 0 Å². The molecule has 39 heavy (non-hydrogen) atoms. The Morgan fingerprint density at radius 3 is 1.90 bits per heavy atom. The van der Waals surface area contributed by atoms with Crippen LogP contribution < -0.4 is 4.90 Å². The van der Waals surface area contributed by atoms with Crippen LogP contribution in [0.25, 0.3) is 11.1 Å². The summed E-state index contributed by atoms with van der Waals surface area (Å²) in [4.78, 5) is 25.3. The van der Waals surface area contributed by atoms with Crippen LogP contribution >= 0.6 is 0 Å². The molecule has 0 bridgehead atoms. The second kappa shape index (κ2) is 10.7. The van der Waals surface area contributed by atoms with Gasteiger partial charge in [0.2, 0.25) is 5.91 Å². The Morgan fingerprint density at radius 2 is 1.38 bits per heavy atom. The van der Waals surface area contributed by atoms with Crippen molar-refractivity contribution in [1.29, 1.82) is 0 Å². The summed E-state index contributed by atoms with van der Waals surface area (Å²) in [5.74, 6) is -0.380. The Labute approximate surface area is 222 Å². The van der Waals surface area contributed by atoms with Crippen LogP contribution in [0, 0.1) is 6.92 Å². The van der Waals surface area contributed by atoms with Gasteiger partial charge in [0.25, 0.3) is 0 Å². The number of aryl methyl sites for hydroxylation is 1. The van der Waals surface area contributed by atoms with Crippen molar-refractivity contribution in [3.8, 4) is 11.1 Å². The number of pyridine rings is 1. The molecule has 0 N–H and O–H groups in total. The summed E-state index contributed by atoms with van der Waals surface area (Å²) in [7, 11) is 4.98. The van der Waals surface area contributed by atoms with Crippen molar-refractivity contribution in [3.63, 3.8) is 0 Å². The standard InChI is InChI=1S/C28H28F6N4O/c1-17-9-7-8-10-21(17)22-14-24(36-16-37(4)5)35-15-23(22)38(6)25(39)26(2,3)18-11-19(27(29,30)31)13-20(12-18)28(32,33)34/h7-16H,1-6H3. The molecule has 5 nitrogen and oxygen atoms in total. The number of nitrogens with zero attached hydrogens (tertiary/aromatic N) is 4. The average molecular weight is 551 g/mol. The van der Waals surface area contributed by atoms with Crippen molar-refractivity contribution >= 4 is 23.8 Å². The third kappa shape index (κ3) is 6.58. The van der Waals surface area contributed by atoms with E-state index in [2.05, 4.69) is 9.98 Å². The number of likely N-dealkylation sites (N-methyl/N-ethyl adjacent to an activating group) is 1. The maximum absolute atomic E-state index is 13.8. The molecule has 208 valence electrons. The summed E-state index contributed by atoms with van der Waals surface area (Å²) in [5.41, 5.74) is -2.63. The molecule has 1 aromatic heterocycles. The van der Waals surface area contributed by atoms with Crippen molar-refractivity contribution in [1.82, 2.24) is 9.88 Å². The van der Waals surface area contributed by atoms with Gasteiger partial charge >= 0.3 is 12.4 Å². The molecular formula is C28H28F6N4O. The highest BCUT2D eigenvalue weighted by molar-refractivity contribution is 6.03. The summed E-state index contributed by atoms with van der Waals surface area (Å²) in [6.07, 6.45) is -7.11. The van der Waals surface area contributed by atoms with Gasteiger partial charge in [-0.1, -0.05) is 24.3 Å². The lowest BCUT2D eigenvalue weighted by molar-refractivity contribution is -0.143. The van der Waals surface area contributed by atoms with Gasteiger partial charge in [0.1, 0.15) is 0 Å². The number of aliphatic imine (C=N–C) groups is 1. The van der Waals surface area contributed by atoms with Crippen molar-refractivity contribution in [2.75, 3.05) is 26.0 Å². The Hall–Kier alpha value is -3.89. The number of rotatable bonds is 6. The summed E-state index contributed by atoms with van der Waals surface area (Å²) >= 11 is 0. The Bertz CT molecular complexity index is 1360. The van der Waals surface area contributed by atoms with Gasteiger partial charge in [-0.05, 0) is 61.7 Å². The molecule has 0 atom stereocenters. The lowest BCUT2D eigenvalue weighted by atomic mass is 9.81. The number of benzene rings is 2. The number of alkyl halides is 6. The third-order valence-electron chi connectivity index (χ3n) is 6.23. The molecule has 0 radical (unpaired) electrons. The maximum atomic E-state index is 13.8. The van der Waals surface area contributed by atoms with Gasteiger partial charge in [-0.25, -0.2) is 9.98 Å². The fourth-order valence-electron chi connectivity index (χ4n) is 4.01. The molecule has 0 saturated carbocycles. The molecule has 0 aliphatic rings. The maximum Gasteiger partial charge on any atom is 0.416 e. The number of aromatic nitrogens is 1. The SMILES string of the molecule is Cc1ccccc1-c1cc(N=CN(C)C)ncc1N(C)C(=O)C(C)(C)c1cc(C(F)(F)F)cc(C(F)(F)F)c1. The van der Waals surface area contributed by atoms with E-state index in [9.17, 15) is 31.1 Å². The van der Waals surface area contributed by atoms with E-state index in [4.69, 9.17) is 0 Å². The van der Waals surface area contributed by atoms with Gasteiger partial charge in [-0.2, -0.15) is 26.3 Å². The zero-order valence-electron chi connectivity index (χ0n) is 22.2. The first kappa shape index (κ1) is 29.7. The predicted octanol–water partition coefficient (Wildman–Crippen LogP) is 7.26. The third-order valence-corrected chi connectivity index (χ3v) is 6.23. The average Bonchev–Trinajstić information content (AvgIpc) is 2.85. The zero-order valence-corrected chi connectivity index (χ0v) is 22.2. The minimum Gasteiger partial charge on any atom is -0.369 e. The lowest BCUT2D eigenvalue weighted by Crippen LogP contribution is -2.42. The monoisotopic (exact) mass is 550 g/mol. The highest BCUT2D eigenvalue weighted by Crippen LogP contribution is 2.41. The predicted molar refractivity (Wildman–Crippen MR) is 139 cm³/mol. The van der Waals surface area contributed by atoms with Crippen LogP contribution in [-0.4, -0.2) is 43.3 Å². The first-order valence-electron chi connectivity index (χ1n) is 11.8. The van der Waals surface area contributed by atoms with Crippen molar-refractivity contribution in [2.45, 2.75) is 38.5 Å². The molecule has 3 aromatic rings. The summed E-state index contributed by atoms with van der Waals surface area (Å²) < 4.78 is 81.0. The first-order valence-corrected chi connectivity index (χ1v) is 11.8. The van der Waals surface area contributed by atoms with E-state index in [0.717, 1.165) is 11.1 Å². The molecule has 0 aliphatic carbocycles. The van der Waals surface area contributed by atoms with E-state index in [1.807, 2.05) is 31.2 Å². The molecule has 0 fully saturated rings. The number of hydrogen-bond acceptors (Lipinski definition) is 3. The van der Waals surface area contributed by atoms with Crippen LogP contribution in [0.5, 0.6) is 0 Å². The number of halogens is 6.